The number of aromatic amines is 1. The second-order valence-electron chi connectivity index (χ2n) is 9.72. The fourth-order valence-electron chi connectivity index (χ4n) is 5.14. The molecule has 4 heterocycles. The van der Waals surface area contributed by atoms with Crippen molar-refractivity contribution < 1.29 is 4.79 Å². The summed E-state index contributed by atoms with van der Waals surface area (Å²) < 4.78 is 0. The highest BCUT2D eigenvalue weighted by Gasteiger charge is 2.56. The molecule has 1 aromatic carbocycles. The molecule has 1 amide bonds. The largest absolute Gasteiger partial charge is 0.337 e. The summed E-state index contributed by atoms with van der Waals surface area (Å²) >= 11 is 0. The third-order valence-electron chi connectivity index (χ3n) is 6.75. The van der Waals surface area contributed by atoms with Gasteiger partial charge >= 0.3 is 0 Å². The number of aryl methyl sites for hydroxylation is 1. The van der Waals surface area contributed by atoms with E-state index in [0.717, 1.165) is 49.9 Å². The summed E-state index contributed by atoms with van der Waals surface area (Å²) in [5.41, 5.74) is 2.97. The summed E-state index contributed by atoms with van der Waals surface area (Å²) in [5, 5.41) is 7.68. The van der Waals surface area contributed by atoms with Crippen molar-refractivity contribution in [3.8, 4) is 0 Å². The number of rotatable bonds is 5. The van der Waals surface area contributed by atoms with Crippen LogP contribution in [-0.2, 0) is 6.54 Å². The van der Waals surface area contributed by atoms with Crippen molar-refractivity contribution in [2.75, 3.05) is 26.2 Å². The van der Waals surface area contributed by atoms with Gasteiger partial charge in [0.1, 0.15) is 5.82 Å². The molecular weight excluding hydrogens is 400 g/mol. The van der Waals surface area contributed by atoms with Crippen LogP contribution in [0.2, 0.25) is 0 Å². The van der Waals surface area contributed by atoms with Crippen molar-refractivity contribution in [3.63, 3.8) is 0 Å². The van der Waals surface area contributed by atoms with Crippen molar-refractivity contribution in [1.29, 1.82) is 0 Å². The van der Waals surface area contributed by atoms with Gasteiger partial charge in [0.2, 0.25) is 0 Å². The molecule has 1 spiro atoms. The molecule has 1 atom stereocenters. The summed E-state index contributed by atoms with van der Waals surface area (Å²) in [7, 11) is 0. The monoisotopic (exact) mass is 430 g/mol. The average Bonchev–Trinajstić information content (AvgIpc) is 3.38. The van der Waals surface area contributed by atoms with Crippen LogP contribution in [0.5, 0.6) is 0 Å². The number of hydrogen-bond acceptors (Lipinski definition) is 5. The van der Waals surface area contributed by atoms with E-state index in [4.69, 9.17) is 4.98 Å². The summed E-state index contributed by atoms with van der Waals surface area (Å²) in [5.74, 6) is 2.38. The number of amides is 1. The van der Waals surface area contributed by atoms with E-state index in [0.29, 0.717) is 5.56 Å². The zero-order valence-electron chi connectivity index (χ0n) is 19.0. The number of nitrogens with zero attached hydrogens (tertiary/aromatic N) is 5. The Hall–Kier alpha value is -3.06. The van der Waals surface area contributed by atoms with Gasteiger partial charge in [0, 0.05) is 62.4 Å². The van der Waals surface area contributed by atoms with Gasteiger partial charge in [-0.2, -0.15) is 5.10 Å². The van der Waals surface area contributed by atoms with Crippen molar-refractivity contribution in [2.45, 2.75) is 39.2 Å². The number of H-pyrrole nitrogens is 1. The standard InChI is InChI=1S/C25H30N6O/c1-17(2)22-27-23(29-28-22)21-13-30(12-19-7-5-4-6-8-19)14-25(21)15-31(16-25)24(32)20-9-18(3)10-26-11-20/h4-11,17,21H,12-16H2,1-3H3,(H,27,28,29). The number of carbonyl (C=O) groups excluding carboxylic acids is 1. The quantitative estimate of drug-likeness (QED) is 0.671. The molecule has 0 aliphatic carbocycles. The normalized spacial score (nSPS) is 20.1. The molecule has 3 aromatic rings. The molecule has 32 heavy (non-hydrogen) atoms. The Balaban J connectivity index is 1.37. The van der Waals surface area contributed by atoms with Crippen molar-refractivity contribution in [2.24, 2.45) is 5.41 Å². The van der Waals surface area contributed by atoms with Gasteiger partial charge in [-0.1, -0.05) is 44.2 Å². The zero-order valence-corrected chi connectivity index (χ0v) is 19.0. The van der Waals surface area contributed by atoms with E-state index >= 15 is 0 Å². The molecule has 0 radical (unpaired) electrons. The molecule has 0 saturated carbocycles. The lowest BCUT2D eigenvalue weighted by molar-refractivity contribution is 0.00176. The molecule has 7 heteroatoms. The molecule has 2 fully saturated rings. The van der Waals surface area contributed by atoms with E-state index in [1.54, 1.807) is 12.4 Å². The van der Waals surface area contributed by atoms with Gasteiger partial charge in [-0.15, -0.1) is 0 Å². The van der Waals surface area contributed by atoms with E-state index < -0.39 is 0 Å². The maximum atomic E-state index is 13.1. The van der Waals surface area contributed by atoms with Crippen LogP contribution in [0.15, 0.2) is 48.8 Å². The minimum Gasteiger partial charge on any atom is -0.337 e. The van der Waals surface area contributed by atoms with E-state index in [-0.39, 0.29) is 23.2 Å². The van der Waals surface area contributed by atoms with Crippen molar-refractivity contribution >= 4 is 5.91 Å². The minimum atomic E-state index is -0.00449. The van der Waals surface area contributed by atoms with Gasteiger partial charge in [0.25, 0.3) is 5.91 Å². The Bertz CT molecular complexity index is 1100. The first-order chi connectivity index (χ1) is 15.4. The lowest BCUT2D eigenvalue weighted by Gasteiger charge is -2.50. The van der Waals surface area contributed by atoms with Crippen LogP contribution in [0, 0.1) is 12.3 Å². The molecule has 2 aliphatic rings. The highest BCUT2D eigenvalue weighted by atomic mass is 16.2. The molecule has 166 valence electrons. The topological polar surface area (TPSA) is 78.0 Å². The smallest absolute Gasteiger partial charge is 0.255 e. The average molecular weight is 431 g/mol. The van der Waals surface area contributed by atoms with Gasteiger partial charge in [-0.25, -0.2) is 4.98 Å². The Kier molecular flexibility index (Phi) is 5.29. The molecule has 2 aromatic heterocycles. The van der Waals surface area contributed by atoms with Crippen molar-refractivity contribution in [3.05, 3.63) is 77.1 Å². The summed E-state index contributed by atoms with van der Waals surface area (Å²) in [6.45, 7) is 10.4. The number of carbonyl (C=O) groups is 1. The number of hydrogen-bond donors (Lipinski definition) is 1. The van der Waals surface area contributed by atoms with Crippen LogP contribution < -0.4 is 0 Å². The van der Waals surface area contributed by atoms with Crippen LogP contribution in [-0.4, -0.2) is 62.1 Å². The van der Waals surface area contributed by atoms with E-state index in [2.05, 4.69) is 64.3 Å². The first kappa shape index (κ1) is 20.8. The second-order valence-corrected chi connectivity index (χ2v) is 9.72. The van der Waals surface area contributed by atoms with Crippen LogP contribution in [0.1, 0.15) is 58.8 Å². The third-order valence-corrected chi connectivity index (χ3v) is 6.75. The predicted octanol–water partition coefficient (Wildman–Crippen LogP) is 3.37. The molecule has 7 nitrogen and oxygen atoms in total. The SMILES string of the molecule is Cc1cncc(C(=O)N2CC3(CN(Cc4ccccc4)CC3c3nc(C(C)C)n[nH]3)C2)c1. The number of nitrogens with one attached hydrogen (secondary N) is 1. The highest BCUT2D eigenvalue weighted by molar-refractivity contribution is 5.94. The van der Waals surface area contributed by atoms with Crippen LogP contribution >= 0.6 is 0 Å². The maximum absolute atomic E-state index is 13.1. The molecule has 1 unspecified atom stereocenters. The lowest BCUT2D eigenvalue weighted by atomic mass is 9.71. The Morgan fingerprint density at radius 3 is 2.66 bits per heavy atom. The van der Waals surface area contributed by atoms with E-state index in [1.807, 2.05) is 17.9 Å². The fraction of sp³-hybridized carbons (Fsp3) is 0.440. The van der Waals surface area contributed by atoms with Gasteiger partial charge in [0.05, 0.1) is 5.56 Å². The molecule has 2 saturated heterocycles. The second kappa shape index (κ2) is 8.13. The first-order valence-electron chi connectivity index (χ1n) is 11.3. The fourth-order valence-corrected chi connectivity index (χ4v) is 5.14. The number of pyridine rings is 1. The van der Waals surface area contributed by atoms with Gasteiger partial charge < -0.3 is 4.90 Å². The van der Waals surface area contributed by atoms with E-state index in [9.17, 15) is 4.79 Å². The molecular formula is C25H30N6O. The number of benzene rings is 1. The molecule has 0 bridgehead atoms. The maximum Gasteiger partial charge on any atom is 0.255 e. The summed E-state index contributed by atoms with van der Waals surface area (Å²) in [6.07, 6.45) is 3.44. The molecule has 5 rings (SSSR count). The molecule has 2 aliphatic heterocycles. The summed E-state index contributed by atoms with van der Waals surface area (Å²) in [6, 6.07) is 12.5. The Morgan fingerprint density at radius 1 is 1.19 bits per heavy atom. The molecule has 1 N–H and O–H groups in total. The number of likely N-dealkylation sites (tertiary alicyclic amines) is 2. The van der Waals surface area contributed by atoms with Crippen molar-refractivity contribution in [1.82, 2.24) is 30.0 Å². The first-order valence-corrected chi connectivity index (χ1v) is 11.3. The summed E-state index contributed by atoms with van der Waals surface area (Å²) in [4.78, 5) is 26.6. The lowest BCUT2D eigenvalue weighted by Crippen LogP contribution is -2.61. The van der Waals surface area contributed by atoms with Crippen LogP contribution in [0.25, 0.3) is 0 Å². The highest BCUT2D eigenvalue weighted by Crippen LogP contribution is 2.49. The zero-order chi connectivity index (χ0) is 22.3. The third kappa shape index (κ3) is 3.81. The predicted molar refractivity (Wildman–Crippen MR) is 122 cm³/mol. The van der Waals surface area contributed by atoms with Crippen LogP contribution in [0.4, 0.5) is 0 Å². The van der Waals surface area contributed by atoms with Gasteiger partial charge in [-0.3, -0.25) is 19.8 Å². The Morgan fingerprint density at radius 2 is 1.97 bits per heavy atom. The van der Waals surface area contributed by atoms with Gasteiger partial charge in [0.15, 0.2) is 5.82 Å². The van der Waals surface area contributed by atoms with Crippen LogP contribution in [0.3, 0.4) is 0 Å². The number of aromatic nitrogens is 4. The van der Waals surface area contributed by atoms with Gasteiger partial charge in [-0.05, 0) is 24.1 Å². The van der Waals surface area contributed by atoms with E-state index in [1.165, 1.54) is 5.56 Å². The minimum absolute atomic E-state index is 0.00449. The Labute approximate surface area is 188 Å².